The maximum atomic E-state index is 12.3. The van der Waals surface area contributed by atoms with E-state index in [-0.39, 0.29) is 17.9 Å². The Morgan fingerprint density at radius 3 is 2.81 bits per heavy atom. The maximum Gasteiger partial charge on any atom is 0.223 e. The van der Waals surface area contributed by atoms with Crippen LogP contribution >= 0.6 is 11.8 Å². The van der Waals surface area contributed by atoms with Crippen molar-refractivity contribution >= 4 is 17.7 Å². The van der Waals surface area contributed by atoms with E-state index in [0.717, 1.165) is 25.1 Å². The highest BCUT2D eigenvalue weighted by Gasteiger charge is 2.21. The monoisotopic (exact) mass is 376 g/mol. The second-order valence-corrected chi connectivity index (χ2v) is 8.77. The van der Waals surface area contributed by atoms with Gasteiger partial charge in [0.1, 0.15) is 11.9 Å². The highest BCUT2D eigenvalue weighted by molar-refractivity contribution is 7.99. The van der Waals surface area contributed by atoms with Gasteiger partial charge in [0.25, 0.3) is 0 Å². The largest absolute Gasteiger partial charge is 0.489 e. The minimum atomic E-state index is -0.0239. The smallest absolute Gasteiger partial charge is 0.223 e. The third-order valence-electron chi connectivity index (χ3n) is 5.29. The molecule has 1 aliphatic heterocycles. The molecule has 1 aromatic rings. The van der Waals surface area contributed by atoms with Crippen LogP contribution in [0.2, 0.25) is 0 Å². The molecule has 2 fully saturated rings. The lowest BCUT2D eigenvalue weighted by molar-refractivity contribution is -0.126. The number of benzene rings is 1. The van der Waals surface area contributed by atoms with Gasteiger partial charge in [0.2, 0.25) is 5.91 Å². The Bertz CT molecular complexity index is 569. The summed E-state index contributed by atoms with van der Waals surface area (Å²) in [7, 11) is 0. The van der Waals surface area contributed by atoms with E-state index in [1.807, 2.05) is 24.8 Å². The number of ether oxygens (including phenoxy) is 1. The van der Waals surface area contributed by atoms with E-state index in [0.29, 0.717) is 6.54 Å². The summed E-state index contributed by atoms with van der Waals surface area (Å²) in [5.74, 6) is 3.77. The Kier molecular flexibility index (Phi) is 7.69. The number of nitrogens with zero attached hydrogens (tertiary/aromatic N) is 1. The molecule has 0 radical (unpaired) electrons. The van der Waals surface area contributed by atoms with Crippen molar-refractivity contribution in [3.8, 4) is 5.75 Å². The van der Waals surface area contributed by atoms with E-state index >= 15 is 0 Å². The summed E-state index contributed by atoms with van der Waals surface area (Å²) in [5, 5.41) is 3.08. The first-order valence-electron chi connectivity index (χ1n) is 10.0. The average molecular weight is 377 g/mol. The second-order valence-electron chi connectivity index (χ2n) is 7.54. The summed E-state index contributed by atoms with van der Waals surface area (Å²) in [6.07, 6.45) is 5.70. The van der Waals surface area contributed by atoms with E-state index in [1.165, 1.54) is 49.4 Å². The molecule has 1 atom stereocenters. The molecule has 1 heterocycles. The molecule has 144 valence electrons. The van der Waals surface area contributed by atoms with Crippen LogP contribution < -0.4 is 10.1 Å². The zero-order valence-corrected chi connectivity index (χ0v) is 16.7. The third kappa shape index (κ3) is 6.20. The van der Waals surface area contributed by atoms with Gasteiger partial charge < -0.3 is 10.1 Å². The number of hydrogen-bond acceptors (Lipinski definition) is 4. The van der Waals surface area contributed by atoms with Gasteiger partial charge in [-0.15, -0.1) is 0 Å². The SMILES string of the molecule is C[C@H](CNC(=O)C1CCCCC1)Oc1cccc(CN2CCSCC2)c1. The van der Waals surface area contributed by atoms with Gasteiger partial charge in [-0.1, -0.05) is 31.4 Å². The summed E-state index contributed by atoms with van der Waals surface area (Å²) in [6.45, 7) is 5.92. The molecule has 1 saturated heterocycles. The molecular weight excluding hydrogens is 344 g/mol. The van der Waals surface area contributed by atoms with E-state index < -0.39 is 0 Å². The minimum absolute atomic E-state index is 0.0239. The first-order valence-corrected chi connectivity index (χ1v) is 11.2. The Labute approximate surface area is 162 Å². The first kappa shape index (κ1) is 19.6. The first-order chi connectivity index (χ1) is 12.7. The standard InChI is InChI=1S/C21H32N2O2S/c1-17(15-22-21(24)19-7-3-2-4-8-19)25-20-9-5-6-18(14-20)16-23-10-12-26-13-11-23/h5-6,9,14,17,19H,2-4,7-8,10-13,15-16H2,1H3,(H,22,24)/t17-/m1/s1. The zero-order chi connectivity index (χ0) is 18.2. The highest BCUT2D eigenvalue weighted by Crippen LogP contribution is 2.23. The number of carbonyl (C=O) groups is 1. The summed E-state index contributed by atoms with van der Waals surface area (Å²) in [4.78, 5) is 14.8. The van der Waals surface area contributed by atoms with Gasteiger partial charge in [-0.05, 0) is 37.5 Å². The van der Waals surface area contributed by atoms with Crippen molar-refractivity contribution in [3.63, 3.8) is 0 Å². The van der Waals surface area contributed by atoms with Crippen LogP contribution in [0.25, 0.3) is 0 Å². The Balaban J connectivity index is 1.43. The van der Waals surface area contributed by atoms with Crippen molar-refractivity contribution in [2.24, 2.45) is 5.92 Å². The predicted molar refractivity (Wildman–Crippen MR) is 109 cm³/mol. The van der Waals surface area contributed by atoms with Gasteiger partial charge in [-0.2, -0.15) is 11.8 Å². The van der Waals surface area contributed by atoms with Gasteiger partial charge in [0.05, 0.1) is 6.54 Å². The molecule has 0 aromatic heterocycles. The predicted octanol–water partition coefficient (Wildman–Crippen LogP) is 3.70. The van der Waals surface area contributed by atoms with E-state index in [1.54, 1.807) is 0 Å². The summed E-state index contributed by atoms with van der Waals surface area (Å²) in [5.41, 5.74) is 1.30. The van der Waals surface area contributed by atoms with Gasteiger partial charge in [0.15, 0.2) is 0 Å². The number of carbonyl (C=O) groups excluding carboxylic acids is 1. The van der Waals surface area contributed by atoms with E-state index in [2.05, 4.69) is 28.4 Å². The molecule has 3 rings (SSSR count). The molecule has 26 heavy (non-hydrogen) atoms. The van der Waals surface area contributed by atoms with Crippen molar-refractivity contribution in [2.45, 2.75) is 51.7 Å². The van der Waals surface area contributed by atoms with Gasteiger partial charge in [0, 0.05) is 37.1 Å². The summed E-state index contributed by atoms with van der Waals surface area (Å²) < 4.78 is 6.04. The normalized spacial score (nSPS) is 20.5. The van der Waals surface area contributed by atoms with Gasteiger partial charge in [-0.3, -0.25) is 9.69 Å². The second kappa shape index (κ2) is 10.2. The molecule has 5 heteroatoms. The fourth-order valence-corrected chi connectivity index (χ4v) is 4.74. The topological polar surface area (TPSA) is 41.6 Å². The maximum absolute atomic E-state index is 12.3. The van der Waals surface area contributed by atoms with Crippen molar-refractivity contribution in [3.05, 3.63) is 29.8 Å². The Morgan fingerprint density at radius 1 is 1.27 bits per heavy atom. The van der Waals surface area contributed by atoms with Crippen molar-refractivity contribution in [2.75, 3.05) is 31.1 Å². The number of rotatable bonds is 7. The molecule has 0 spiro atoms. The summed E-state index contributed by atoms with van der Waals surface area (Å²) >= 11 is 2.04. The van der Waals surface area contributed by atoms with Gasteiger partial charge in [-0.25, -0.2) is 0 Å². The molecule has 0 unspecified atom stereocenters. The lowest BCUT2D eigenvalue weighted by atomic mass is 9.89. The fourth-order valence-electron chi connectivity index (χ4n) is 3.76. The van der Waals surface area contributed by atoms with Crippen LogP contribution in [0.3, 0.4) is 0 Å². The lowest BCUT2D eigenvalue weighted by Crippen LogP contribution is -2.38. The number of nitrogens with one attached hydrogen (secondary N) is 1. The van der Waals surface area contributed by atoms with Crippen LogP contribution in [-0.4, -0.2) is 48.1 Å². The van der Waals surface area contributed by atoms with E-state index in [4.69, 9.17) is 4.74 Å². The summed E-state index contributed by atoms with van der Waals surface area (Å²) in [6, 6.07) is 8.39. The van der Waals surface area contributed by atoms with Crippen molar-refractivity contribution in [1.82, 2.24) is 10.2 Å². The molecule has 0 bridgehead atoms. The molecular formula is C21H32N2O2S. The zero-order valence-electron chi connectivity index (χ0n) is 15.9. The molecule has 1 aromatic carbocycles. The van der Waals surface area contributed by atoms with Crippen LogP contribution in [0, 0.1) is 5.92 Å². The highest BCUT2D eigenvalue weighted by atomic mass is 32.2. The quantitative estimate of drug-likeness (QED) is 0.788. The minimum Gasteiger partial charge on any atom is -0.489 e. The molecule has 2 aliphatic rings. The van der Waals surface area contributed by atoms with Crippen LogP contribution in [0.15, 0.2) is 24.3 Å². The molecule has 4 nitrogen and oxygen atoms in total. The number of thioether (sulfide) groups is 1. The van der Waals surface area contributed by atoms with Crippen LogP contribution in [0.5, 0.6) is 5.75 Å². The third-order valence-corrected chi connectivity index (χ3v) is 6.23. The number of amides is 1. The Hall–Kier alpha value is -1.20. The van der Waals surface area contributed by atoms with Crippen LogP contribution in [-0.2, 0) is 11.3 Å². The van der Waals surface area contributed by atoms with Crippen molar-refractivity contribution < 1.29 is 9.53 Å². The fraction of sp³-hybridized carbons (Fsp3) is 0.667. The van der Waals surface area contributed by atoms with Crippen LogP contribution in [0.1, 0.15) is 44.6 Å². The number of hydrogen-bond donors (Lipinski definition) is 1. The Morgan fingerprint density at radius 2 is 2.04 bits per heavy atom. The van der Waals surface area contributed by atoms with Gasteiger partial charge >= 0.3 is 0 Å². The van der Waals surface area contributed by atoms with Crippen molar-refractivity contribution in [1.29, 1.82) is 0 Å². The van der Waals surface area contributed by atoms with E-state index in [9.17, 15) is 4.79 Å². The van der Waals surface area contributed by atoms with Crippen LogP contribution in [0.4, 0.5) is 0 Å². The lowest BCUT2D eigenvalue weighted by Gasteiger charge is -2.26. The molecule has 1 N–H and O–H groups in total. The average Bonchev–Trinajstić information content (AvgIpc) is 2.68. The molecule has 1 aliphatic carbocycles. The molecule has 1 amide bonds. The molecule has 1 saturated carbocycles.